The molecule has 0 fully saturated rings. The smallest absolute Gasteiger partial charge is 0.230 e. The Balaban J connectivity index is 1.83. The fourth-order valence-electron chi connectivity index (χ4n) is 3.22. The number of fused-ring (bicyclic) bond motifs is 1. The molecule has 0 aliphatic carbocycles. The molecular formula is C19H18Cl2FNO. The highest BCUT2D eigenvalue weighted by molar-refractivity contribution is 6.42. The molecule has 0 saturated heterocycles. The molecule has 3 rings (SSSR count). The van der Waals surface area contributed by atoms with Crippen LogP contribution >= 0.6 is 23.2 Å². The third-order valence-electron chi connectivity index (χ3n) is 4.54. The normalized spacial score (nSPS) is 15.1. The Morgan fingerprint density at radius 2 is 1.96 bits per heavy atom. The number of benzene rings is 2. The van der Waals surface area contributed by atoms with Crippen molar-refractivity contribution in [1.82, 2.24) is 4.90 Å². The maximum atomic E-state index is 13.5. The van der Waals surface area contributed by atoms with Gasteiger partial charge in [0.1, 0.15) is 5.82 Å². The van der Waals surface area contributed by atoms with Gasteiger partial charge in [-0.3, -0.25) is 4.79 Å². The number of hydrogen-bond donors (Lipinski definition) is 0. The highest BCUT2D eigenvalue weighted by Gasteiger charge is 2.27. The van der Waals surface area contributed by atoms with Gasteiger partial charge in [-0.05, 0) is 53.8 Å². The predicted molar refractivity (Wildman–Crippen MR) is 95.0 cm³/mol. The van der Waals surface area contributed by atoms with Crippen LogP contribution in [0.3, 0.4) is 0 Å². The van der Waals surface area contributed by atoms with E-state index in [9.17, 15) is 9.18 Å². The van der Waals surface area contributed by atoms with Crippen LogP contribution in [0.25, 0.3) is 0 Å². The van der Waals surface area contributed by atoms with Gasteiger partial charge < -0.3 is 4.90 Å². The molecule has 1 amide bonds. The lowest BCUT2D eigenvalue weighted by Gasteiger charge is -2.32. The monoisotopic (exact) mass is 365 g/mol. The highest BCUT2D eigenvalue weighted by atomic mass is 35.5. The van der Waals surface area contributed by atoms with Crippen LogP contribution in [0, 0.1) is 5.82 Å². The lowest BCUT2D eigenvalue weighted by molar-refractivity contribution is -0.133. The van der Waals surface area contributed by atoms with Crippen LogP contribution in [-0.4, -0.2) is 17.4 Å². The molecule has 1 aliphatic heterocycles. The van der Waals surface area contributed by atoms with Crippen LogP contribution in [0.1, 0.15) is 36.0 Å². The minimum Gasteiger partial charge on any atom is -0.337 e. The van der Waals surface area contributed by atoms with Gasteiger partial charge in [-0.1, -0.05) is 42.3 Å². The van der Waals surface area contributed by atoms with Gasteiger partial charge in [-0.25, -0.2) is 4.39 Å². The van der Waals surface area contributed by atoms with Crippen molar-refractivity contribution in [3.05, 3.63) is 69.0 Å². The first-order chi connectivity index (χ1) is 11.5. The molecule has 2 aromatic carbocycles. The van der Waals surface area contributed by atoms with Crippen LogP contribution < -0.4 is 0 Å². The molecule has 0 bridgehead atoms. The molecule has 5 heteroatoms. The topological polar surface area (TPSA) is 20.3 Å². The molecule has 24 heavy (non-hydrogen) atoms. The van der Waals surface area contributed by atoms with Crippen molar-refractivity contribution < 1.29 is 9.18 Å². The van der Waals surface area contributed by atoms with Gasteiger partial charge in [0.15, 0.2) is 0 Å². The van der Waals surface area contributed by atoms with E-state index in [1.165, 1.54) is 12.1 Å². The van der Waals surface area contributed by atoms with Gasteiger partial charge in [-0.2, -0.15) is 0 Å². The van der Waals surface area contributed by atoms with Gasteiger partial charge in [0.25, 0.3) is 0 Å². The zero-order chi connectivity index (χ0) is 17.3. The number of carbonyl (C=O) groups is 1. The molecule has 2 aromatic rings. The minimum atomic E-state index is -0.269. The van der Waals surface area contributed by atoms with E-state index >= 15 is 0 Å². The SMILES string of the molecule is CC[C@@H](C(=O)N1CCc2ccc(F)cc2C1)c1ccc(Cl)c(Cl)c1. The standard InChI is InChI=1S/C19H18Cl2FNO/c1-2-16(13-4-6-17(20)18(21)10-13)19(24)23-8-7-12-3-5-15(22)9-14(12)11-23/h3-6,9-10,16H,2,7-8,11H2,1H3/t16-/m1/s1. The van der Waals surface area contributed by atoms with Gasteiger partial charge >= 0.3 is 0 Å². The number of halogens is 3. The van der Waals surface area contributed by atoms with E-state index in [4.69, 9.17) is 23.2 Å². The maximum Gasteiger partial charge on any atom is 0.230 e. The van der Waals surface area contributed by atoms with Crippen molar-refractivity contribution in [3.8, 4) is 0 Å². The summed E-state index contributed by atoms with van der Waals surface area (Å²) in [4.78, 5) is 14.8. The van der Waals surface area contributed by atoms with Gasteiger partial charge in [0.05, 0.1) is 16.0 Å². The molecule has 0 N–H and O–H groups in total. The second-order valence-corrected chi connectivity index (χ2v) is 6.87. The summed E-state index contributed by atoms with van der Waals surface area (Å²) in [5.74, 6) is -0.486. The second kappa shape index (κ2) is 7.12. The van der Waals surface area contributed by atoms with Crippen LogP contribution in [0.15, 0.2) is 36.4 Å². The molecule has 2 nitrogen and oxygen atoms in total. The molecule has 0 aromatic heterocycles. The first-order valence-electron chi connectivity index (χ1n) is 8.00. The van der Waals surface area contributed by atoms with Crippen LogP contribution in [0.4, 0.5) is 4.39 Å². The van der Waals surface area contributed by atoms with E-state index in [2.05, 4.69) is 0 Å². The van der Waals surface area contributed by atoms with Crippen LogP contribution in [0.2, 0.25) is 10.0 Å². The van der Waals surface area contributed by atoms with Crippen molar-refractivity contribution in [2.45, 2.75) is 32.2 Å². The molecule has 0 radical (unpaired) electrons. The minimum absolute atomic E-state index is 0.0470. The summed E-state index contributed by atoms with van der Waals surface area (Å²) in [7, 11) is 0. The maximum absolute atomic E-state index is 13.5. The molecule has 1 aliphatic rings. The Labute approximate surface area is 151 Å². The zero-order valence-electron chi connectivity index (χ0n) is 13.4. The van der Waals surface area contributed by atoms with E-state index in [0.29, 0.717) is 29.6 Å². The van der Waals surface area contributed by atoms with Gasteiger partial charge in [0, 0.05) is 13.1 Å². The van der Waals surface area contributed by atoms with Crippen LogP contribution in [0.5, 0.6) is 0 Å². The molecule has 1 heterocycles. The lowest BCUT2D eigenvalue weighted by atomic mass is 9.93. The molecular weight excluding hydrogens is 348 g/mol. The van der Waals surface area contributed by atoms with Crippen molar-refractivity contribution in [2.75, 3.05) is 6.54 Å². The van der Waals surface area contributed by atoms with Gasteiger partial charge in [0.2, 0.25) is 5.91 Å². The number of carbonyl (C=O) groups excluding carboxylic acids is 1. The van der Waals surface area contributed by atoms with Crippen molar-refractivity contribution in [2.24, 2.45) is 0 Å². The predicted octanol–water partition coefficient (Wildman–Crippen LogP) is 5.21. The summed E-state index contributed by atoms with van der Waals surface area (Å²) in [5.41, 5.74) is 2.86. The largest absolute Gasteiger partial charge is 0.337 e. The number of hydrogen-bond acceptors (Lipinski definition) is 1. The second-order valence-electron chi connectivity index (χ2n) is 6.06. The van der Waals surface area contributed by atoms with Gasteiger partial charge in [-0.15, -0.1) is 0 Å². The number of nitrogens with zero attached hydrogens (tertiary/aromatic N) is 1. The summed E-state index contributed by atoms with van der Waals surface area (Å²) < 4.78 is 13.5. The Kier molecular flexibility index (Phi) is 5.12. The molecule has 1 atom stereocenters. The third-order valence-corrected chi connectivity index (χ3v) is 5.28. The third kappa shape index (κ3) is 3.42. The molecule has 0 unspecified atom stereocenters. The summed E-state index contributed by atoms with van der Waals surface area (Å²) in [6.45, 7) is 3.07. The summed E-state index contributed by atoms with van der Waals surface area (Å²) in [6.07, 6.45) is 1.42. The van der Waals surface area contributed by atoms with E-state index in [1.54, 1.807) is 17.0 Å². The van der Waals surface area contributed by atoms with E-state index < -0.39 is 0 Å². The Hall–Kier alpha value is -1.58. The van der Waals surface area contributed by atoms with E-state index in [1.807, 2.05) is 19.1 Å². The quantitative estimate of drug-likeness (QED) is 0.730. The average molecular weight is 366 g/mol. The number of amides is 1. The fourth-order valence-corrected chi connectivity index (χ4v) is 3.52. The Bertz CT molecular complexity index is 778. The van der Waals surface area contributed by atoms with Crippen LogP contribution in [-0.2, 0) is 17.8 Å². The van der Waals surface area contributed by atoms with Crippen molar-refractivity contribution in [1.29, 1.82) is 0 Å². The zero-order valence-corrected chi connectivity index (χ0v) is 14.9. The Morgan fingerprint density at radius 1 is 1.17 bits per heavy atom. The number of rotatable bonds is 3. The molecule has 126 valence electrons. The average Bonchev–Trinajstić information content (AvgIpc) is 2.57. The summed E-state index contributed by atoms with van der Waals surface area (Å²) >= 11 is 12.1. The molecule has 0 spiro atoms. The first kappa shape index (κ1) is 17.2. The Morgan fingerprint density at radius 3 is 2.67 bits per heavy atom. The lowest BCUT2D eigenvalue weighted by Crippen LogP contribution is -2.39. The van der Waals surface area contributed by atoms with E-state index in [0.717, 1.165) is 23.1 Å². The summed E-state index contributed by atoms with van der Waals surface area (Å²) in [6, 6.07) is 10.1. The summed E-state index contributed by atoms with van der Waals surface area (Å²) in [5, 5.41) is 0.927. The fraction of sp³-hybridized carbons (Fsp3) is 0.316. The van der Waals surface area contributed by atoms with Crippen molar-refractivity contribution >= 4 is 29.1 Å². The first-order valence-corrected chi connectivity index (χ1v) is 8.76. The highest BCUT2D eigenvalue weighted by Crippen LogP contribution is 2.30. The van der Waals surface area contributed by atoms with Crippen molar-refractivity contribution in [3.63, 3.8) is 0 Å². The van der Waals surface area contributed by atoms with E-state index in [-0.39, 0.29) is 17.6 Å². The molecule has 0 saturated carbocycles.